The molecule has 0 N–H and O–H groups in total. The van der Waals surface area contributed by atoms with Gasteiger partial charge >= 0.3 is 11.9 Å². The molecular formula is C24H20ClF3N2O4. The Morgan fingerprint density at radius 1 is 1.12 bits per heavy atom. The monoisotopic (exact) mass is 492 g/mol. The van der Waals surface area contributed by atoms with Gasteiger partial charge in [-0.2, -0.15) is 13.2 Å². The largest absolute Gasteiger partial charge is 0.490 e. The molecule has 0 aliphatic heterocycles. The molecule has 3 aromatic rings. The summed E-state index contributed by atoms with van der Waals surface area (Å²) in [5.74, 6) is -0.306. The summed E-state index contributed by atoms with van der Waals surface area (Å²) < 4.78 is 50.1. The van der Waals surface area contributed by atoms with Crippen LogP contribution < -0.4 is 9.47 Å². The fourth-order valence-electron chi connectivity index (χ4n) is 3.08. The molecule has 3 aromatic carbocycles. The van der Waals surface area contributed by atoms with E-state index in [1.54, 1.807) is 19.2 Å². The Balaban J connectivity index is 2.01. The number of hydrogen-bond donors (Lipinski definition) is 0. The lowest BCUT2D eigenvalue weighted by molar-refractivity contribution is -0.385. The summed E-state index contributed by atoms with van der Waals surface area (Å²) in [7, 11) is 0. The van der Waals surface area contributed by atoms with Crippen molar-refractivity contribution in [1.82, 2.24) is 0 Å². The minimum atomic E-state index is -4.74. The topological polar surface area (TPSA) is 74.0 Å². The molecule has 0 unspecified atom stereocenters. The number of nitro benzene ring substituents is 1. The van der Waals surface area contributed by atoms with Crippen LogP contribution in [-0.4, -0.2) is 17.7 Å². The van der Waals surface area contributed by atoms with Gasteiger partial charge in [-0.15, -0.1) is 0 Å². The third-order valence-corrected chi connectivity index (χ3v) is 5.24. The second-order valence-electron chi connectivity index (χ2n) is 7.28. The van der Waals surface area contributed by atoms with Crippen LogP contribution in [0.25, 0.3) is 0 Å². The molecule has 0 saturated carbocycles. The van der Waals surface area contributed by atoms with Gasteiger partial charge < -0.3 is 9.47 Å². The maximum atomic E-state index is 13.0. The molecule has 6 nitrogen and oxygen atoms in total. The summed E-state index contributed by atoms with van der Waals surface area (Å²) in [5.41, 5.74) is 1.43. The van der Waals surface area contributed by atoms with Gasteiger partial charge in [0.05, 0.1) is 27.8 Å². The number of hydrogen-bond acceptors (Lipinski definition) is 5. The molecule has 0 saturated heterocycles. The Kier molecular flexibility index (Phi) is 7.46. The Labute approximate surface area is 198 Å². The molecule has 0 atom stereocenters. The van der Waals surface area contributed by atoms with Crippen molar-refractivity contribution in [3.63, 3.8) is 0 Å². The molecular weight excluding hydrogens is 473 g/mol. The van der Waals surface area contributed by atoms with Gasteiger partial charge in [-0.25, -0.2) is 0 Å². The highest BCUT2D eigenvalue weighted by atomic mass is 35.5. The molecule has 0 aromatic heterocycles. The molecule has 3 rings (SSSR count). The number of aryl methyl sites for hydroxylation is 1. The van der Waals surface area contributed by atoms with Crippen molar-refractivity contribution in [3.05, 3.63) is 85.9 Å². The molecule has 0 aliphatic carbocycles. The number of halogens is 4. The smallest absolute Gasteiger partial charge is 0.416 e. The summed E-state index contributed by atoms with van der Waals surface area (Å²) >= 11 is 6.38. The first-order chi connectivity index (χ1) is 16.0. The minimum Gasteiger partial charge on any atom is -0.490 e. The van der Waals surface area contributed by atoms with Crippen molar-refractivity contribution in [1.29, 1.82) is 0 Å². The number of ether oxygens (including phenoxy) is 2. The van der Waals surface area contributed by atoms with Crippen LogP contribution in [0.4, 0.5) is 24.5 Å². The molecule has 0 fully saturated rings. The maximum absolute atomic E-state index is 13.0. The first-order valence-corrected chi connectivity index (χ1v) is 10.5. The van der Waals surface area contributed by atoms with Crippen LogP contribution >= 0.6 is 11.6 Å². The summed E-state index contributed by atoms with van der Waals surface area (Å²) in [6.07, 6.45) is -3.16. The van der Waals surface area contributed by atoms with Crippen molar-refractivity contribution in [2.45, 2.75) is 26.9 Å². The van der Waals surface area contributed by atoms with E-state index >= 15 is 0 Å². The summed E-state index contributed by atoms with van der Waals surface area (Å²) in [6.45, 7) is 5.87. The zero-order valence-electron chi connectivity index (χ0n) is 18.4. The second-order valence-corrected chi connectivity index (χ2v) is 7.69. The number of alkyl halides is 3. The van der Waals surface area contributed by atoms with E-state index in [4.69, 9.17) is 21.1 Å². The predicted octanol–water partition coefficient (Wildman–Crippen LogP) is 7.83. The van der Waals surface area contributed by atoms with E-state index in [1.807, 2.05) is 32.0 Å². The lowest BCUT2D eigenvalue weighted by Gasteiger charge is -2.15. The Bertz CT molecular complexity index is 1260. The second kappa shape index (κ2) is 10.1. The van der Waals surface area contributed by atoms with Crippen LogP contribution in [0, 0.1) is 24.0 Å². The number of nitrogens with zero attached hydrogens (tertiary/aromatic N) is 2. The van der Waals surface area contributed by atoms with Crippen LogP contribution in [0.15, 0.2) is 53.5 Å². The van der Waals surface area contributed by atoms with Gasteiger partial charge in [0.1, 0.15) is 0 Å². The third kappa shape index (κ3) is 5.66. The van der Waals surface area contributed by atoms with Crippen LogP contribution in [0.3, 0.4) is 0 Å². The summed E-state index contributed by atoms with van der Waals surface area (Å²) in [4.78, 5) is 14.9. The average molecular weight is 493 g/mol. The van der Waals surface area contributed by atoms with E-state index in [2.05, 4.69) is 4.99 Å². The molecule has 34 heavy (non-hydrogen) atoms. The highest BCUT2D eigenvalue weighted by molar-refractivity contribution is 6.32. The van der Waals surface area contributed by atoms with E-state index in [0.717, 1.165) is 22.9 Å². The van der Waals surface area contributed by atoms with Crippen LogP contribution in [0.2, 0.25) is 5.02 Å². The Morgan fingerprint density at radius 2 is 1.85 bits per heavy atom. The van der Waals surface area contributed by atoms with Crippen LogP contribution in [-0.2, 0) is 6.18 Å². The predicted molar refractivity (Wildman–Crippen MR) is 124 cm³/mol. The van der Waals surface area contributed by atoms with Gasteiger partial charge in [0, 0.05) is 12.3 Å². The number of rotatable bonds is 7. The normalized spacial score (nSPS) is 11.6. The van der Waals surface area contributed by atoms with Gasteiger partial charge in [0.25, 0.3) is 0 Å². The number of nitro groups is 1. The van der Waals surface area contributed by atoms with Gasteiger partial charge in [0.2, 0.25) is 5.75 Å². The van der Waals surface area contributed by atoms with Crippen LogP contribution in [0.5, 0.6) is 17.2 Å². The van der Waals surface area contributed by atoms with Gasteiger partial charge in [-0.3, -0.25) is 15.1 Å². The SMILES string of the molecule is CCOc1cc(C=Nc2cccc(C)c2C)cc(Cl)c1Oc1ccc(C(F)(F)F)cc1[N+](=O)[O-]. The van der Waals surface area contributed by atoms with E-state index in [9.17, 15) is 23.3 Å². The summed E-state index contributed by atoms with van der Waals surface area (Å²) in [5, 5.41) is 11.4. The van der Waals surface area contributed by atoms with E-state index < -0.39 is 28.1 Å². The quantitative estimate of drug-likeness (QED) is 0.191. The molecule has 0 heterocycles. The number of aliphatic imine (C=N–C) groups is 1. The Hall–Kier alpha value is -3.59. The lowest BCUT2D eigenvalue weighted by Crippen LogP contribution is -2.06. The van der Waals surface area contributed by atoms with Gasteiger partial charge in [-0.05, 0) is 67.8 Å². The molecule has 178 valence electrons. The molecule has 0 radical (unpaired) electrons. The fraction of sp³-hybridized carbons (Fsp3) is 0.208. The van der Waals surface area contributed by atoms with Crippen molar-refractivity contribution >= 4 is 29.2 Å². The highest BCUT2D eigenvalue weighted by Crippen LogP contribution is 2.43. The zero-order valence-corrected chi connectivity index (χ0v) is 19.2. The van der Waals surface area contributed by atoms with E-state index in [-0.39, 0.29) is 23.1 Å². The van der Waals surface area contributed by atoms with E-state index in [0.29, 0.717) is 17.7 Å². The van der Waals surface area contributed by atoms with Crippen molar-refractivity contribution in [2.24, 2.45) is 4.99 Å². The first kappa shape index (κ1) is 25.0. The zero-order chi connectivity index (χ0) is 25.0. The molecule has 0 amide bonds. The summed E-state index contributed by atoms with van der Waals surface area (Å²) in [6, 6.07) is 10.8. The van der Waals surface area contributed by atoms with Crippen molar-refractivity contribution < 1.29 is 27.6 Å². The van der Waals surface area contributed by atoms with Crippen LogP contribution in [0.1, 0.15) is 29.2 Å². The van der Waals surface area contributed by atoms with E-state index in [1.165, 1.54) is 6.07 Å². The van der Waals surface area contributed by atoms with Gasteiger partial charge in [0.15, 0.2) is 11.5 Å². The number of benzene rings is 3. The highest BCUT2D eigenvalue weighted by Gasteiger charge is 2.33. The fourth-order valence-corrected chi connectivity index (χ4v) is 3.33. The molecule has 0 bridgehead atoms. The van der Waals surface area contributed by atoms with Crippen molar-refractivity contribution in [2.75, 3.05) is 6.61 Å². The first-order valence-electron chi connectivity index (χ1n) is 10.1. The minimum absolute atomic E-state index is 0.0440. The Morgan fingerprint density at radius 3 is 2.50 bits per heavy atom. The third-order valence-electron chi connectivity index (χ3n) is 4.96. The maximum Gasteiger partial charge on any atom is 0.416 e. The molecule has 0 aliphatic rings. The lowest BCUT2D eigenvalue weighted by atomic mass is 10.1. The average Bonchev–Trinajstić information content (AvgIpc) is 2.76. The molecule has 0 spiro atoms. The standard InChI is InChI=1S/C24H20ClF3N2O4/c1-4-33-22-11-16(13-29-19-7-5-6-14(2)15(19)3)10-18(25)23(22)34-21-9-8-17(24(26,27)28)12-20(21)30(31)32/h5-13H,4H2,1-3H3. The molecule has 10 heteroatoms. The van der Waals surface area contributed by atoms with Crippen molar-refractivity contribution in [3.8, 4) is 17.2 Å². The van der Waals surface area contributed by atoms with Gasteiger partial charge in [-0.1, -0.05) is 23.7 Å².